The van der Waals surface area contributed by atoms with E-state index < -0.39 is 0 Å². The predicted molar refractivity (Wildman–Crippen MR) is 59.9 cm³/mol. The van der Waals surface area contributed by atoms with Gasteiger partial charge in [0, 0.05) is 18.0 Å². The highest BCUT2D eigenvalue weighted by Gasteiger charge is 2.01. The normalized spacial score (nSPS) is 9.93. The Morgan fingerprint density at radius 3 is 2.87 bits per heavy atom. The summed E-state index contributed by atoms with van der Waals surface area (Å²) in [5.74, 6) is 1.48. The Hall–Kier alpha value is -2.03. The molecule has 2 aromatic rings. The molecule has 0 bridgehead atoms. The third-order valence-electron chi connectivity index (χ3n) is 2.07. The average molecular weight is 200 g/mol. The second-order valence-electron chi connectivity index (χ2n) is 3.32. The van der Waals surface area contributed by atoms with Gasteiger partial charge in [0.25, 0.3) is 0 Å². The monoisotopic (exact) mass is 200 g/mol. The summed E-state index contributed by atoms with van der Waals surface area (Å²) in [5, 5.41) is 0. The lowest BCUT2D eigenvalue weighted by atomic mass is 10.2. The molecule has 0 aliphatic carbocycles. The van der Waals surface area contributed by atoms with Crippen LogP contribution in [0.15, 0.2) is 42.7 Å². The molecule has 0 saturated heterocycles. The maximum absolute atomic E-state index is 5.69. The van der Waals surface area contributed by atoms with E-state index in [2.05, 4.69) is 4.98 Å². The second-order valence-corrected chi connectivity index (χ2v) is 3.32. The van der Waals surface area contributed by atoms with E-state index in [1.165, 1.54) is 0 Å². The van der Waals surface area contributed by atoms with Crippen molar-refractivity contribution >= 4 is 5.69 Å². The highest BCUT2D eigenvalue weighted by molar-refractivity contribution is 5.49. The Morgan fingerprint density at radius 2 is 2.13 bits per heavy atom. The number of aryl methyl sites for hydroxylation is 1. The van der Waals surface area contributed by atoms with Gasteiger partial charge in [0.05, 0.1) is 6.20 Å². The highest BCUT2D eigenvalue weighted by atomic mass is 16.5. The second kappa shape index (κ2) is 4.00. The molecule has 0 aliphatic heterocycles. The fourth-order valence-corrected chi connectivity index (χ4v) is 1.26. The molecule has 0 amide bonds. The first-order valence-electron chi connectivity index (χ1n) is 4.70. The topological polar surface area (TPSA) is 48.1 Å². The molecule has 1 aromatic heterocycles. The van der Waals surface area contributed by atoms with E-state index in [9.17, 15) is 0 Å². The van der Waals surface area contributed by atoms with E-state index >= 15 is 0 Å². The number of hydrogen-bond acceptors (Lipinski definition) is 3. The van der Waals surface area contributed by atoms with E-state index in [1.54, 1.807) is 12.4 Å². The zero-order chi connectivity index (χ0) is 10.7. The number of pyridine rings is 1. The first-order valence-corrected chi connectivity index (χ1v) is 4.70. The highest BCUT2D eigenvalue weighted by Crippen LogP contribution is 2.26. The minimum absolute atomic E-state index is 0.694. The molecule has 0 saturated carbocycles. The first kappa shape index (κ1) is 9.52. The molecule has 3 nitrogen and oxygen atoms in total. The molecule has 0 unspecified atom stereocenters. The quantitative estimate of drug-likeness (QED) is 0.758. The van der Waals surface area contributed by atoms with Gasteiger partial charge in [-0.2, -0.15) is 0 Å². The Bertz CT molecular complexity index is 454. The van der Waals surface area contributed by atoms with Crippen LogP contribution in [-0.4, -0.2) is 4.98 Å². The van der Waals surface area contributed by atoms with Gasteiger partial charge in [-0.15, -0.1) is 0 Å². The standard InChI is InChI=1S/C12H12N2O/c1-9-4-5-10(13)7-12(9)15-11-3-2-6-14-8-11/h2-8H,13H2,1H3. The van der Waals surface area contributed by atoms with Crippen LogP contribution in [0.25, 0.3) is 0 Å². The SMILES string of the molecule is Cc1ccc(N)cc1Oc1cccnc1. The van der Waals surface area contributed by atoms with Crippen LogP contribution in [0.3, 0.4) is 0 Å². The fourth-order valence-electron chi connectivity index (χ4n) is 1.26. The molecule has 2 rings (SSSR count). The number of nitrogens with two attached hydrogens (primary N) is 1. The molecule has 1 aromatic carbocycles. The summed E-state index contributed by atoms with van der Waals surface area (Å²) in [6.45, 7) is 1.98. The van der Waals surface area contributed by atoms with Crippen LogP contribution in [-0.2, 0) is 0 Å². The Labute approximate surface area is 88.5 Å². The van der Waals surface area contributed by atoms with Crippen molar-refractivity contribution in [3.05, 3.63) is 48.3 Å². The lowest BCUT2D eigenvalue weighted by molar-refractivity contribution is 0.477. The Balaban J connectivity index is 2.28. The third kappa shape index (κ3) is 2.26. The van der Waals surface area contributed by atoms with E-state index in [-0.39, 0.29) is 0 Å². The molecule has 0 atom stereocenters. The van der Waals surface area contributed by atoms with Crippen molar-refractivity contribution in [2.45, 2.75) is 6.92 Å². The summed E-state index contributed by atoms with van der Waals surface area (Å²) >= 11 is 0. The number of rotatable bonds is 2. The fraction of sp³-hybridized carbons (Fsp3) is 0.0833. The smallest absolute Gasteiger partial charge is 0.145 e. The van der Waals surface area contributed by atoms with Gasteiger partial charge in [0.15, 0.2) is 0 Å². The molecule has 0 aliphatic rings. The number of nitrogens with zero attached hydrogens (tertiary/aromatic N) is 1. The minimum Gasteiger partial charge on any atom is -0.455 e. The van der Waals surface area contributed by atoms with Gasteiger partial charge < -0.3 is 10.5 Å². The van der Waals surface area contributed by atoms with Crippen molar-refractivity contribution in [3.63, 3.8) is 0 Å². The third-order valence-corrected chi connectivity index (χ3v) is 2.07. The van der Waals surface area contributed by atoms with Crippen LogP contribution in [0.5, 0.6) is 11.5 Å². The molecule has 3 heteroatoms. The maximum Gasteiger partial charge on any atom is 0.145 e. The summed E-state index contributed by atoms with van der Waals surface area (Å²) in [6.07, 6.45) is 3.38. The largest absolute Gasteiger partial charge is 0.455 e. The van der Waals surface area contributed by atoms with Crippen LogP contribution in [0.4, 0.5) is 5.69 Å². The zero-order valence-electron chi connectivity index (χ0n) is 8.47. The summed E-state index contributed by atoms with van der Waals surface area (Å²) in [7, 11) is 0. The summed E-state index contributed by atoms with van der Waals surface area (Å²) in [5.41, 5.74) is 7.43. The molecule has 0 spiro atoms. The van der Waals surface area contributed by atoms with Gasteiger partial charge in [-0.05, 0) is 30.7 Å². The number of nitrogen functional groups attached to an aromatic ring is 1. The van der Waals surface area contributed by atoms with E-state index in [0.29, 0.717) is 11.4 Å². The predicted octanol–water partition coefficient (Wildman–Crippen LogP) is 2.76. The van der Waals surface area contributed by atoms with Crippen LogP contribution < -0.4 is 10.5 Å². The lowest BCUT2D eigenvalue weighted by Gasteiger charge is -2.08. The zero-order valence-corrected chi connectivity index (χ0v) is 8.47. The summed E-state index contributed by atoms with van der Waals surface area (Å²) in [4.78, 5) is 3.98. The van der Waals surface area contributed by atoms with Gasteiger partial charge >= 0.3 is 0 Å². The Kier molecular flexibility index (Phi) is 2.54. The van der Waals surface area contributed by atoms with Crippen LogP contribution >= 0.6 is 0 Å². The molecule has 2 N–H and O–H groups in total. The van der Waals surface area contributed by atoms with Crippen LogP contribution in [0.1, 0.15) is 5.56 Å². The number of aromatic nitrogens is 1. The van der Waals surface area contributed by atoms with E-state index in [0.717, 1.165) is 11.3 Å². The summed E-state index contributed by atoms with van der Waals surface area (Å²) in [6, 6.07) is 9.28. The van der Waals surface area contributed by atoms with E-state index in [4.69, 9.17) is 10.5 Å². The van der Waals surface area contributed by atoms with Gasteiger partial charge in [-0.25, -0.2) is 0 Å². The van der Waals surface area contributed by atoms with Gasteiger partial charge in [-0.1, -0.05) is 6.07 Å². The number of benzene rings is 1. The van der Waals surface area contributed by atoms with Crippen molar-refractivity contribution in [3.8, 4) is 11.5 Å². The van der Waals surface area contributed by atoms with Gasteiger partial charge in [0.1, 0.15) is 11.5 Å². The van der Waals surface area contributed by atoms with Crippen molar-refractivity contribution in [1.82, 2.24) is 4.98 Å². The molecule has 15 heavy (non-hydrogen) atoms. The molecule has 0 radical (unpaired) electrons. The molecule has 1 heterocycles. The van der Waals surface area contributed by atoms with Crippen molar-refractivity contribution in [2.24, 2.45) is 0 Å². The maximum atomic E-state index is 5.69. The average Bonchev–Trinajstić information content (AvgIpc) is 2.25. The van der Waals surface area contributed by atoms with Crippen LogP contribution in [0.2, 0.25) is 0 Å². The number of hydrogen-bond donors (Lipinski definition) is 1. The molecular weight excluding hydrogens is 188 g/mol. The molecule has 0 fully saturated rings. The molecule has 76 valence electrons. The lowest BCUT2D eigenvalue weighted by Crippen LogP contribution is -1.91. The van der Waals surface area contributed by atoms with Gasteiger partial charge in [-0.3, -0.25) is 4.98 Å². The summed E-state index contributed by atoms with van der Waals surface area (Å²) < 4.78 is 5.65. The first-order chi connectivity index (χ1) is 7.25. The minimum atomic E-state index is 0.694. The van der Waals surface area contributed by atoms with Gasteiger partial charge in [0.2, 0.25) is 0 Å². The molecular formula is C12H12N2O. The number of anilines is 1. The van der Waals surface area contributed by atoms with Crippen molar-refractivity contribution in [1.29, 1.82) is 0 Å². The Morgan fingerprint density at radius 1 is 1.27 bits per heavy atom. The number of ether oxygens (including phenoxy) is 1. The van der Waals surface area contributed by atoms with Crippen molar-refractivity contribution in [2.75, 3.05) is 5.73 Å². The van der Waals surface area contributed by atoms with Crippen LogP contribution in [0, 0.1) is 6.92 Å². The van der Waals surface area contributed by atoms with E-state index in [1.807, 2.05) is 37.3 Å². The van der Waals surface area contributed by atoms with Crippen molar-refractivity contribution < 1.29 is 4.74 Å².